The molecule has 0 unspecified atom stereocenters. The number of nitrogens with zero attached hydrogens (tertiary/aromatic N) is 2. The molecule has 0 fully saturated rings. The van der Waals surface area contributed by atoms with Gasteiger partial charge in [-0.2, -0.15) is 0 Å². The van der Waals surface area contributed by atoms with Gasteiger partial charge in [-0.3, -0.25) is 14.6 Å². The summed E-state index contributed by atoms with van der Waals surface area (Å²) in [7, 11) is 0. The van der Waals surface area contributed by atoms with E-state index in [0.717, 1.165) is 21.8 Å². The van der Waals surface area contributed by atoms with Crippen LogP contribution in [-0.4, -0.2) is 21.7 Å². The third-order valence-electron chi connectivity index (χ3n) is 4.23. The highest BCUT2D eigenvalue weighted by molar-refractivity contribution is 7.13. The quantitative estimate of drug-likeness (QED) is 0.400. The van der Waals surface area contributed by atoms with E-state index < -0.39 is 0 Å². The zero-order valence-corrected chi connectivity index (χ0v) is 17.0. The van der Waals surface area contributed by atoms with Crippen LogP contribution in [0.15, 0.2) is 71.7 Å². The maximum atomic E-state index is 12.2. The van der Waals surface area contributed by atoms with E-state index in [2.05, 4.69) is 15.3 Å². The smallest absolute Gasteiger partial charge is 0.224 e. The number of Topliss-reactive ketones (excluding diaryl/α,β-unsaturated/α-hetero) is 1. The molecule has 1 aromatic carbocycles. The summed E-state index contributed by atoms with van der Waals surface area (Å²) in [6, 6.07) is 15.0. The maximum absolute atomic E-state index is 12.2. The Bertz CT molecular complexity index is 1120. The fourth-order valence-electron chi connectivity index (χ4n) is 2.80. The van der Waals surface area contributed by atoms with E-state index in [0.29, 0.717) is 10.6 Å². The van der Waals surface area contributed by atoms with Gasteiger partial charge in [-0.25, -0.2) is 4.98 Å². The molecule has 0 bridgehead atoms. The molecule has 0 spiro atoms. The number of thiazole rings is 1. The summed E-state index contributed by atoms with van der Waals surface area (Å²) >= 11 is 2.95. The molecule has 0 saturated heterocycles. The Kier molecular flexibility index (Phi) is 5.88. The first-order valence-electron chi connectivity index (χ1n) is 9.02. The fourth-order valence-corrected chi connectivity index (χ4v) is 4.31. The molecule has 4 rings (SSSR count). The number of aromatic nitrogens is 2. The Balaban J connectivity index is 1.40. The molecule has 4 aromatic rings. The number of nitrogens with one attached hydrogen (secondary N) is 1. The van der Waals surface area contributed by atoms with Crippen molar-refractivity contribution in [2.45, 2.75) is 12.8 Å². The summed E-state index contributed by atoms with van der Waals surface area (Å²) < 4.78 is 0. The molecule has 1 N–H and O–H groups in total. The lowest BCUT2D eigenvalue weighted by atomic mass is 10.1. The third-order valence-corrected chi connectivity index (χ3v) is 6.03. The summed E-state index contributed by atoms with van der Waals surface area (Å²) in [6.45, 7) is 0. The number of pyridine rings is 1. The lowest BCUT2D eigenvalue weighted by molar-refractivity contribution is -0.116. The van der Waals surface area contributed by atoms with Gasteiger partial charge >= 0.3 is 0 Å². The number of hydrogen-bond acceptors (Lipinski definition) is 6. The standard InChI is InChI=1S/C22H17N3O2S2/c26-19(20-7-3-11-28-20)8-9-21(27)24-17-6-1-4-15(12-17)18-14-29-22(25-18)16-5-2-10-23-13-16/h1-7,10-14H,8-9H2,(H,24,27). The summed E-state index contributed by atoms with van der Waals surface area (Å²) in [6.07, 6.45) is 3.88. The molecule has 29 heavy (non-hydrogen) atoms. The molecular formula is C22H17N3O2S2. The maximum Gasteiger partial charge on any atom is 0.224 e. The molecule has 0 aliphatic heterocycles. The number of hydrogen-bond donors (Lipinski definition) is 1. The molecule has 3 heterocycles. The number of thiophene rings is 1. The molecule has 0 aliphatic carbocycles. The van der Waals surface area contributed by atoms with Crippen molar-refractivity contribution in [2.24, 2.45) is 0 Å². The molecule has 0 aliphatic rings. The summed E-state index contributed by atoms with van der Waals surface area (Å²) in [4.78, 5) is 33.8. The van der Waals surface area contributed by atoms with Gasteiger partial charge in [0.05, 0.1) is 10.6 Å². The zero-order chi connectivity index (χ0) is 20.1. The lowest BCUT2D eigenvalue weighted by Crippen LogP contribution is -2.13. The van der Waals surface area contributed by atoms with Crippen molar-refractivity contribution in [3.8, 4) is 21.8 Å². The minimum Gasteiger partial charge on any atom is -0.326 e. The Labute approximate surface area is 176 Å². The van der Waals surface area contributed by atoms with Gasteiger partial charge < -0.3 is 5.32 Å². The van der Waals surface area contributed by atoms with Gasteiger partial charge in [0, 0.05) is 47.4 Å². The van der Waals surface area contributed by atoms with Crippen LogP contribution in [0.3, 0.4) is 0 Å². The predicted octanol–water partition coefficient (Wildman–Crippen LogP) is 5.54. The fraction of sp³-hybridized carbons (Fsp3) is 0.0909. The van der Waals surface area contributed by atoms with E-state index in [1.54, 1.807) is 29.8 Å². The molecule has 0 atom stereocenters. The molecule has 5 nitrogen and oxygen atoms in total. The lowest BCUT2D eigenvalue weighted by Gasteiger charge is -2.06. The van der Waals surface area contributed by atoms with Crippen molar-refractivity contribution >= 4 is 40.1 Å². The van der Waals surface area contributed by atoms with E-state index >= 15 is 0 Å². The van der Waals surface area contributed by atoms with Crippen LogP contribution in [0.5, 0.6) is 0 Å². The van der Waals surface area contributed by atoms with Gasteiger partial charge in [0.25, 0.3) is 0 Å². The van der Waals surface area contributed by atoms with Gasteiger partial charge in [0.15, 0.2) is 5.78 Å². The average molecular weight is 420 g/mol. The van der Waals surface area contributed by atoms with Crippen molar-refractivity contribution in [2.75, 3.05) is 5.32 Å². The monoisotopic (exact) mass is 419 g/mol. The zero-order valence-electron chi connectivity index (χ0n) is 15.4. The van der Waals surface area contributed by atoms with E-state index in [4.69, 9.17) is 0 Å². The van der Waals surface area contributed by atoms with Crippen molar-refractivity contribution < 1.29 is 9.59 Å². The first-order valence-corrected chi connectivity index (χ1v) is 10.8. The van der Waals surface area contributed by atoms with Crippen LogP contribution in [0.2, 0.25) is 0 Å². The van der Waals surface area contributed by atoms with Crippen molar-refractivity contribution in [1.29, 1.82) is 0 Å². The Morgan fingerprint density at radius 1 is 0.966 bits per heavy atom. The Morgan fingerprint density at radius 2 is 1.86 bits per heavy atom. The molecule has 0 saturated carbocycles. The number of carbonyl (C=O) groups excluding carboxylic acids is 2. The molecule has 1 amide bonds. The van der Waals surface area contributed by atoms with Gasteiger partial charge in [0.1, 0.15) is 5.01 Å². The predicted molar refractivity (Wildman–Crippen MR) is 117 cm³/mol. The number of anilines is 1. The number of rotatable bonds is 7. The highest BCUT2D eigenvalue weighted by atomic mass is 32.1. The van der Waals surface area contributed by atoms with Crippen LogP contribution in [0.4, 0.5) is 5.69 Å². The van der Waals surface area contributed by atoms with Crippen LogP contribution in [0, 0.1) is 0 Å². The number of carbonyl (C=O) groups is 2. The van der Waals surface area contributed by atoms with Crippen LogP contribution < -0.4 is 5.32 Å². The first kappa shape index (κ1) is 19.2. The topological polar surface area (TPSA) is 72.0 Å². The highest BCUT2D eigenvalue weighted by Crippen LogP contribution is 2.29. The van der Waals surface area contributed by atoms with Gasteiger partial charge in [-0.1, -0.05) is 18.2 Å². The van der Waals surface area contributed by atoms with Gasteiger partial charge in [-0.15, -0.1) is 22.7 Å². The van der Waals surface area contributed by atoms with Crippen LogP contribution >= 0.6 is 22.7 Å². The van der Waals surface area contributed by atoms with Gasteiger partial charge in [-0.05, 0) is 35.7 Å². The highest BCUT2D eigenvalue weighted by Gasteiger charge is 2.11. The number of ketones is 1. The first-order chi connectivity index (χ1) is 14.2. The number of benzene rings is 1. The van der Waals surface area contributed by atoms with Gasteiger partial charge in [0.2, 0.25) is 5.91 Å². The molecule has 7 heteroatoms. The normalized spacial score (nSPS) is 10.6. The SMILES string of the molecule is O=C(CCC(=O)c1cccs1)Nc1cccc(-c2csc(-c3cccnc3)n2)c1. The van der Waals surface area contributed by atoms with Crippen molar-refractivity contribution in [1.82, 2.24) is 9.97 Å². The van der Waals surface area contributed by atoms with E-state index in [1.165, 1.54) is 11.3 Å². The molecule has 0 radical (unpaired) electrons. The number of amides is 1. The molecular weight excluding hydrogens is 402 g/mol. The van der Waals surface area contributed by atoms with Crippen LogP contribution in [-0.2, 0) is 4.79 Å². The minimum atomic E-state index is -0.179. The minimum absolute atomic E-state index is 0.00527. The van der Waals surface area contributed by atoms with E-state index in [-0.39, 0.29) is 24.5 Å². The Hall–Kier alpha value is -3.16. The third kappa shape index (κ3) is 4.82. The van der Waals surface area contributed by atoms with Crippen molar-refractivity contribution in [3.05, 3.63) is 76.6 Å². The Morgan fingerprint density at radius 3 is 2.66 bits per heavy atom. The second kappa shape index (κ2) is 8.89. The van der Waals surface area contributed by atoms with Crippen LogP contribution in [0.1, 0.15) is 22.5 Å². The summed E-state index contributed by atoms with van der Waals surface area (Å²) in [5.41, 5.74) is 3.43. The summed E-state index contributed by atoms with van der Waals surface area (Å²) in [5.74, 6) is -0.185. The average Bonchev–Trinajstić information content (AvgIpc) is 3.45. The van der Waals surface area contributed by atoms with Crippen LogP contribution in [0.25, 0.3) is 21.8 Å². The second-order valence-corrected chi connectivity index (χ2v) is 8.11. The van der Waals surface area contributed by atoms with E-state index in [1.807, 2.05) is 53.2 Å². The van der Waals surface area contributed by atoms with Crippen molar-refractivity contribution in [3.63, 3.8) is 0 Å². The summed E-state index contributed by atoms with van der Waals surface area (Å²) in [5, 5.41) is 7.61. The van der Waals surface area contributed by atoms with E-state index in [9.17, 15) is 9.59 Å². The second-order valence-electron chi connectivity index (χ2n) is 6.31. The largest absolute Gasteiger partial charge is 0.326 e. The molecule has 144 valence electrons. The molecule has 3 aromatic heterocycles.